The molecule has 2 aromatic heterocycles. The first-order chi connectivity index (χ1) is 14.7. The van der Waals surface area contributed by atoms with Gasteiger partial charge < -0.3 is 5.32 Å². The molecular weight excluding hydrogens is 438 g/mol. The van der Waals surface area contributed by atoms with Gasteiger partial charge in [0.1, 0.15) is 34.5 Å². The van der Waals surface area contributed by atoms with Crippen molar-refractivity contribution in [3.05, 3.63) is 92.0 Å². The van der Waals surface area contributed by atoms with Gasteiger partial charge in [-0.3, -0.25) is 14.2 Å². The molecule has 31 heavy (non-hydrogen) atoms. The van der Waals surface area contributed by atoms with Gasteiger partial charge in [-0.25, -0.2) is 26.9 Å². The number of nitrogens with zero attached hydrogens (tertiary/aromatic N) is 2. The second-order valence-corrected chi connectivity index (χ2v) is 7.36. The molecule has 0 aliphatic rings. The summed E-state index contributed by atoms with van der Waals surface area (Å²) in [7, 11) is 0. The molecule has 158 valence electrons. The number of benzene rings is 2. The molecular formula is C20H11F4N3O3S. The van der Waals surface area contributed by atoms with Crippen LogP contribution in [0.25, 0.3) is 15.9 Å². The van der Waals surface area contributed by atoms with Gasteiger partial charge in [-0.05, 0) is 35.7 Å². The summed E-state index contributed by atoms with van der Waals surface area (Å²) in [6.07, 6.45) is 0. The van der Waals surface area contributed by atoms with Crippen molar-refractivity contribution >= 4 is 33.1 Å². The molecule has 0 radical (unpaired) electrons. The zero-order valence-corrected chi connectivity index (χ0v) is 16.2. The van der Waals surface area contributed by atoms with Gasteiger partial charge in [0.15, 0.2) is 0 Å². The van der Waals surface area contributed by atoms with Crippen LogP contribution in [0.4, 0.5) is 23.2 Å². The van der Waals surface area contributed by atoms with E-state index in [4.69, 9.17) is 0 Å². The Hall–Kier alpha value is -3.73. The Bertz CT molecular complexity index is 1440. The second kappa shape index (κ2) is 7.84. The summed E-state index contributed by atoms with van der Waals surface area (Å²) in [6.45, 7) is -0.667. The molecule has 0 saturated heterocycles. The third-order valence-electron chi connectivity index (χ3n) is 4.36. The molecule has 0 spiro atoms. The van der Waals surface area contributed by atoms with E-state index < -0.39 is 52.7 Å². The Morgan fingerprint density at radius 1 is 0.935 bits per heavy atom. The predicted molar refractivity (Wildman–Crippen MR) is 107 cm³/mol. The van der Waals surface area contributed by atoms with Crippen LogP contribution < -0.4 is 16.6 Å². The predicted octanol–water partition coefficient (Wildman–Crippen LogP) is 3.41. The molecule has 4 rings (SSSR count). The van der Waals surface area contributed by atoms with Crippen molar-refractivity contribution in [1.29, 1.82) is 0 Å². The molecule has 0 aliphatic carbocycles. The first-order valence-corrected chi connectivity index (χ1v) is 9.57. The number of hydrogen-bond acceptors (Lipinski definition) is 4. The SMILES string of the molecule is O=C(Cn1c(=O)n(-c2cc(F)cc(F)c2)c(=O)c2sccc21)Nc1cc(F)ccc1F. The van der Waals surface area contributed by atoms with Gasteiger partial charge in [0.05, 0.1) is 16.9 Å². The van der Waals surface area contributed by atoms with Crippen LogP contribution in [0.15, 0.2) is 57.4 Å². The van der Waals surface area contributed by atoms with Crippen LogP contribution in [0, 0.1) is 23.3 Å². The number of carbonyl (C=O) groups excluding carboxylic acids is 1. The minimum absolute atomic E-state index is 0.0639. The zero-order valence-electron chi connectivity index (χ0n) is 15.4. The summed E-state index contributed by atoms with van der Waals surface area (Å²) in [4.78, 5) is 38.2. The molecule has 6 nitrogen and oxygen atoms in total. The van der Waals surface area contributed by atoms with E-state index >= 15 is 0 Å². The van der Waals surface area contributed by atoms with Gasteiger partial charge in [-0.2, -0.15) is 0 Å². The largest absolute Gasteiger partial charge is 0.336 e. The van der Waals surface area contributed by atoms with Gasteiger partial charge >= 0.3 is 5.69 Å². The van der Waals surface area contributed by atoms with Gasteiger partial charge in [0.2, 0.25) is 5.91 Å². The number of rotatable bonds is 4. The number of amides is 1. The molecule has 0 unspecified atom stereocenters. The van der Waals surface area contributed by atoms with Gasteiger partial charge in [-0.1, -0.05) is 0 Å². The fourth-order valence-electron chi connectivity index (χ4n) is 3.06. The fourth-order valence-corrected chi connectivity index (χ4v) is 3.89. The highest BCUT2D eigenvalue weighted by Gasteiger charge is 2.19. The summed E-state index contributed by atoms with van der Waals surface area (Å²) < 4.78 is 56.0. The van der Waals surface area contributed by atoms with Crippen molar-refractivity contribution in [2.45, 2.75) is 6.54 Å². The minimum atomic E-state index is -1.03. The van der Waals surface area contributed by atoms with Crippen LogP contribution >= 0.6 is 11.3 Å². The number of halogens is 4. The maximum Gasteiger partial charge on any atom is 0.336 e. The maximum atomic E-state index is 13.8. The normalized spacial score (nSPS) is 11.1. The summed E-state index contributed by atoms with van der Waals surface area (Å²) in [5, 5.41) is 3.66. The Balaban J connectivity index is 1.82. The zero-order chi connectivity index (χ0) is 22.3. The molecule has 1 N–H and O–H groups in total. The Labute approximate surface area is 174 Å². The molecule has 0 bridgehead atoms. The van der Waals surface area contributed by atoms with Crippen molar-refractivity contribution in [1.82, 2.24) is 9.13 Å². The van der Waals surface area contributed by atoms with Gasteiger partial charge in [0, 0.05) is 12.1 Å². The number of anilines is 1. The number of thiophene rings is 1. The topological polar surface area (TPSA) is 73.1 Å². The lowest BCUT2D eigenvalue weighted by Crippen LogP contribution is -2.40. The monoisotopic (exact) mass is 449 g/mol. The highest BCUT2D eigenvalue weighted by atomic mass is 32.1. The molecule has 0 saturated carbocycles. The van der Waals surface area contributed by atoms with E-state index in [1.165, 1.54) is 11.4 Å². The Morgan fingerprint density at radius 2 is 1.65 bits per heavy atom. The average Bonchev–Trinajstić information content (AvgIpc) is 3.17. The number of carbonyl (C=O) groups is 1. The quantitative estimate of drug-likeness (QED) is 0.486. The molecule has 0 fully saturated rings. The lowest BCUT2D eigenvalue weighted by molar-refractivity contribution is -0.116. The van der Waals surface area contributed by atoms with Crippen LogP contribution in [0.1, 0.15) is 0 Å². The van der Waals surface area contributed by atoms with E-state index in [1.54, 1.807) is 0 Å². The van der Waals surface area contributed by atoms with E-state index in [0.29, 0.717) is 10.6 Å². The third kappa shape index (κ3) is 3.87. The first-order valence-electron chi connectivity index (χ1n) is 8.69. The Kier molecular flexibility index (Phi) is 5.19. The molecule has 2 aromatic carbocycles. The highest BCUT2D eigenvalue weighted by molar-refractivity contribution is 7.17. The first kappa shape index (κ1) is 20.5. The van der Waals surface area contributed by atoms with Crippen LogP contribution in [-0.2, 0) is 11.3 Å². The third-order valence-corrected chi connectivity index (χ3v) is 5.26. The lowest BCUT2D eigenvalue weighted by atomic mass is 10.3. The van der Waals surface area contributed by atoms with Crippen molar-refractivity contribution in [3.8, 4) is 5.69 Å². The van der Waals surface area contributed by atoms with Crippen LogP contribution in [0.2, 0.25) is 0 Å². The van der Waals surface area contributed by atoms with Crippen LogP contribution in [-0.4, -0.2) is 15.0 Å². The van der Waals surface area contributed by atoms with Crippen LogP contribution in [0.3, 0.4) is 0 Å². The molecule has 0 aliphatic heterocycles. The maximum absolute atomic E-state index is 13.8. The van der Waals surface area contributed by atoms with Gasteiger partial charge in [-0.15, -0.1) is 11.3 Å². The summed E-state index contributed by atoms with van der Waals surface area (Å²) in [5.41, 5.74) is -2.51. The number of fused-ring (bicyclic) bond motifs is 1. The number of aromatic nitrogens is 2. The van der Waals surface area contributed by atoms with Crippen molar-refractivity contribution in [2.24, 2.45) is 0 Å². The van der Waals surface area contributed by atoms with Crippen molar-refractivity contribution in [2.75, 3.05) is 5.32 Å². The summed E-state index contributed by atoms with van der Waals surface area (Å²) >= 11 is 0.968. The fraction of sp³-hybridized carbons (Fsp3) is 0.0500. The average molecular weight is 449 g/mol. The number of nitrogens with one attached hydrogen (secondary N) is 1. The molecule has 11 heteroatoms. The molecule has 1 amide bonds. The molecule has 0 atom stereocenters. The smallest absolute Gasteiger partial charge is 0.322 e. The highest BCUT2D eigenvalue weighted by Crippen LogP contribution is 2.19. The lowest BCUT2D eigenvalue weighted by Gasteiger charge is -2.13. The molecule has 2 heterocycles. The Morgan fingerprint density at radius 3 is 2.35 bits per heavy atom. The van der Waals surface area contributed by atoms with E-state index in [-0.39, 0.29) is 15.9 Å². The van der Waals surface area contributed by atoms with Gasteiger partial charge in [0.25, 0.3) is 5.56 Å². The van der Waals surface area contributed by atoms with E-state index in [2.05, 4.69) is 5.32 Å². The molecule has 4 aromatic rings. The van der Waals surface area contributed by atoms with Crippen LogP contribution in [0.5, 0.6) is 0 Å². The summed E-state index contributed by atoms with van der Waals surface area (Å²) in [6, 6.07) is 6.08. The minimum Gasteiger partial charge on any atom is -0.322 e. The van der Waals surface area contributed by atoms with E-state index in [1.807, 2.05) is 0 Å². The standard InChI is InChI=1S/C20H11F4N3O3S/c21-10-1-2-14(24)15(8-10)25-17(28)9-26-16-3-4-31-18(16)19(29)27(20(26)30)13-6-11(22)5-12(23)7-13/h1-8H,9H2,(H,25,28). The second-order valence-electron chi connectivity index (χ2n) is 6.44. The van der Waals surface area contributed by atoms with E-state index in [0.717, 1.165) is 46.2 Å². The van der Waals surface area contributed by atoms with E-state index in [9.17, 15) is 31.9 Å². The number of hydrogen-bond donors (Lipinski definition) is 1. The summed E-state index contributed by atoms with van der Waals surface area (Å²) in [5.74, 6) is -4.55. The van der Waals surface area contributed by atoms with Crippen molar-refractivity contribution in [3.63, 3.8) is 0 Å². The van der Waals surface area contributed by atoms with Crippen molar-refractivity contribution < 1.29 is 22.4 Å².